The van der Waals surface area contributed by atoms with Gasteiger partial charge in [-0.15, -0.1) is 0 Å². The zero-order valence-electron chi connectivity index (χ0n) is 4.60. The fourth-order valence-electron chi connectivity index (χ4n) is 0. The Hall–Kier alpha value is 1.25. The molecule has 0 amide bonds. The molecule has 0 atom stereocenters. The Balaban J connectivity index is 0. The molecule has 0 aliphatic heterocycles. The molecule has 0 saturated carbocycles. The minimum Gasteiger partial charge on any atom is -0.870 e. The van der Waals surface area contributed by atoms with E-state index in [9.17, 15) is 0 Å². The van der Waals surface area contributed by atoms with Gasteiger partial charge in [-0.1, -0.05) is 0 Å². The van der Waals surface area contributed by atoms with Gasteiger partial charge in [0.25, 0.3) is 0 Å². The molecular weight excluding hydrogens is 265 g/mol. The third-order valence-electron chi connectivity index (χ3n) is 0. The van der Waals surface area contributed by atoms with Gasteiger partial charge in [-0.05, 0) is 0 Å². The molecule has 0 saturated heterocycles. The third-order valence-corrected chi connectivity index (χ3v) is 0. The van der Waals surface area contributed by atoms with Gasteiger partial charge in [0.2, 0.25) is 0 Å². The van der Waals surface area contributed by atoms with E-state index in [4.69, 9.17) is 0 Å². The van der Waals surface area contributed by atoms with Crippen LogP contribution in [0.1, 0.15) is 0 Å². The number of hydrogen-bond acceptors (Lipinski definition) is 2. The molecule has 9 heavy (non-hydrogen) atoms. The van der Waals surface area contributed by atoms with Crippen molar-refractivity contribution in [3.05, 3.63) is 0 Å². The Kier molecular flexibility index (Phi) is 25000. The van der Waals surface area contributed by atoms with Crippen molar-refractivity contribution >= 4 is 48.9 Å². The van der Waals surface area contributed by atoms with Crippen molar-refractivity contribution in [1.82, 2.24) is 0 Å². The zero-order chi connectivity index (χ0) is 0. The van der Waals surface area contributed by atoms with E-state index in [-0.39, 0.29) is 92.7 Å². The van der Waals surface area contributed by atoms with E-state index in [1.807, 2.05) is 0 Å². The van der Waals surface area contributed by atoms with Crippen LogP contribution in [0.25, 0.3) is 0 Å². The largest absolute Gasteiger partial charge is 2.00 e. The van der Waals surface area contributed by atoms with E-state index in [1.165, 1.54) is 0 Å². The fourth-order valence-corrected chi connectivity index (χ4v) is 0. The molecular formula is H14BaO8. The predicted molar refractivity (Wildman–Crippen MR) is 31.3 cm³/mol. The fraction of sp³-hybridized carbons (Fsp3) is 0. The van der Waals surface area contributed by atoms with Crippen molar-refractivity contribution in [3.63, 3.8) is 0 Å². The van der Waals surface area contributed by atoms with Crippen LogP contribution in [0.15, 0.2) is 0 Å². The average Bonchev–Trinajstić information content (AvgIpc) is 0. The first-order valence-electron chi connectivity index (χ1n) is 0. The summed E-state index contributed by atoms with van der Waals surface area (Å²) >= 11 is 0. The van der Waals surface area contributed by atoms with Crippen molar-refractivity contribution in [2.75, 3.05) is 0 Å². The quantitative estimate of drug-likeness (QED) is 0.393. The SMILES string of the molecule is O.O.O.O.O.O.[Ba+2].[OH-].[OH-]. The Labute approximate surface area is 91.8 Å². The summed E-state index contributed by atoms with van der Waals surface area (Å²) in [5.41, 5.74) is 0. The third kappa shape index (κ3) is 311. The summed E-state index contributed by atoms with van der Waals surface area (Å²) in [6, 6.07) is 0. The van der Waals surface area contributed by atoms with E-state index in [2.05, 4.69) is 0 Å². The summed E-state index contributed by atoms with van der Waals surface area (Å²) in [6.07, 6.45) is 0. The van der Waals surface area contributed by atoms with Gasteiger partial charge in [-0.3, -0.25) is 0 Å². The Morgan fingerprint density at radius 1 is 0.333 bits per heavy atom. The van der Waals surface area contributed by atoms with Gasteiger partial charge in [0.05, 0.1) is 0 Å². The van der Waals surface area contributed by atoms with Crippen LogP contribution in [0.5, 0.6) is 0 Å². The first-order valence-corrected chi connectivity index (χ1v) is 0. The van der Waals surface area contributed by atoms with Crippen molar-refractivity contribution < 1.29 is 43.8 Å². The van der Waals surface area contributed by atoms with Crippen molar-refractivity contribution in [2.24, 2.45) is 0 Å². The molecule has 0 aromatic heterocycles. The van der Waals surface area contributed by atoms with Gasteiger partial charge in [0.1, 0.15) is 0 Å². The van der Waals surface area contributed by atoms with Gasteiger partial charge < -0.3 is 43.8 Å². The van der Waals surface area contributed by atoms with Gasteiger partial charge in [0, 0.05) is 0 Å². The first kappa shape index (κ1) is 560. The van der Waals surface area contributed by atoms with Crippen molar-refractivity contribution in [3.8, 4) is 0 Å². The second-order valence-corrected chi connectivity index (χ2v) is 0. The monoisotopic (exact) mass is 280 g/mol. The van der Waals surface area contributed by atoms with Crippen LogP contribution >= 0.6 is 0 Å². The minimum atomic E-state index is 0. The van der Waals surface area contributed by atoms with Gasteiger partial charge in [-0.25, -0.2) is 0 Å². The van der Waals surface area contributed by atoms with Crippen molar-refractivity contribution in [2.45, 2.75) is 0 Å². The van der Waals surface area contributed by atoms with Gasteiger partial charge in [-0.2, -0.15) is 0 Å². The second kappa shape index (κ2) is 402. The maximum Gasteiger partial charge on any atom is 2.00 e. The Morgan fingerprint density at radius 3 is 0.333 bits per heavy atom. The smallest absolute Gasteiger partial charge is 0.870 e. The summed E-state index contributed by atoms with van der Waals surface area (Å²) in [5, 5.41) is 0. The molecule has 0 aromatic carbocycles. The summed E-state index contributed by atoms with van der Waals surface area (Å²) < 4.78 is 0. The van der Waals surface area contributed by atoms with Crippen LogP contribution in [0.4, 0.5) is 0 Å². The minimum absolute atomic E-state index is 0. The second-order valence-electron chi connectivity index (χ2n) is 0. The van der Waals surface area contributed by atoms with Crippen LogP contribution in [0.2, 0.25) is 0 Å². The molecule has 0 bridgehead atoms. The van der Waals surface area contributed by atoms with E-state index in [0.29, 0.717) is 0 Å². The molecule has 0 unspecified atom stereocenters. The van der Waals surface area contributed by atoms with Crippen molar-refractivity contribution in [1.29, 1.82) is 0 Å². The standard InChI is InChI=1S/Ba.8H2O/h;8*1H2/q+2;;;;;;;;/p-2. The summed E-state index contributed by atoms with van der Waals surface area (Å²) in [7, 11) is 0. The van der Waals surface area contributed by atoms with Crippen LogP contribution in [0, 0.1) is 0 Å². The number of hydrogen-bond donors (Lipinski definition) is 0. The molecule has 0 radical (unpaired) electrons. The molecule has 0 aliphatic carbocycles. The summed E-state index contributed by atoms with van der Waals surface area (Å²) in [5.74, 6) is 0. The van der Waals surface area contributed by atoms with Crippen LogP contribution < -0.4 is 0 Å². The molecule has 9 heteroatoms. The predicted octanol–water partition coefficient (Wildman–Crippen LogP) is -5.68. The molecule has 8 nitrogen and oxygen atoms in total. The molecule has 0 rings (SSSR count). The topological polar surface area (TPSA) is 249 Å². The maximum absolute atomic E-state index is 0. The molecule has 0 aromatic rings. The summed E-state index contributed by atoms with van der Waals surface area (Å²) in [6.45, 7) is 0. The molecule has 64 valence electrons. The van der Waals surface area contributed by atoms with E-state index < -0.39 is 0 Å². The van der Waals surface area contributed by atoms with E-state index >= 15 is 0 Å². The zero-order valence-corrected chi connectivity index (χ0v) is 9.04. The average molecular weight is 279 g/mol. The van der Waals surface area contributed by atoms with Gasteiger partial charge >= 0.3 is 48.9 Å². The number of rotatable bonds is 0. The Morgan fingerprint density at radius 2 is 0.333 bits per heavy atom. The van der Waals surface area contributed by atoms with E-state index in [1.54, 1.807) is 0 Å². The van der Waals surface area contributed by atoms with E-state index in [0.717, 1.165) is 0 Å². The molecule has 0 aliphatic rings. The molecule has 0 fully saturated rings. The molecule has 14 N–H and O–H groups in total. The normalized spacial score (nSPS) is 0. The molecule has 0 spiro atoms. The van der Waals surface area contributed by atoms with Gasteiger partial charge in [0.15, 0.2) is 0 Å². The Bertz CT molecular complexity index is 4.53. The van der Waals surface area contributed by atoms with Crippen LogP contribution in [-0.2, 0) is 0 Å². The first-order chi connectivity index (χ1) is 0. The van der Waals surface area contributed by atoms with Crippen LogP contribution in [-0.4, -0.2) is 92.7 Å². The van der Waals surface area contributed by atoms with Crippen LogP contribution in [0.3, 0.4) is 0 Å². The summed E-state index contributed by atoms with van der Waals surface area (Å²) in [4.78, 5) is 0. The molecule has 0 heterocycles. The maximum atomic E-state index is 0.